The van der Waals surface area contributed by atoms with Crippen molar-refractivity contribution >= 4 is 0 Å². The SMILES string of the molecule is CCn1cc(CN(Cc2cccnc2)CC2CCN(Cc3ccccc3C)CC2)cn1. The summed E-state index contributed by atoms with van der Waals surface area (Å²) in [5, 5.41) is 4.47. The highest BCUT2D eigenvalue weighted by atomic mass is 15.3. The minimum Gasteiger partial charge on any atom is -0.299 e. The molecule has 0 N–H and O–H groups in total. The summed E-state index contributed by atoms with van der Waals surface area (Å²) in [5.41, 5.74) is 5.44. The summed E-state index contributed by atoms with van der Waals surface area (Å²) < 4.78 is 2.02. The molecule has 0 radical (unpaired) electrons. The third-order valence-corrected chi connectivity index (χ3v) is 6.42. The molecule has 1 fully saturated rings. The molecule has 1 aliphatic rings. The van der Waals surface area contributed by atoms with Gasteiger partial charge in [0.1, 0.15) is 0 Å². The molecule has 3 aromatic rings. The second-order valence-electron chi connectivity index (χ2n) is 8.88. The van der Waals surface area contributed by atoms with Gasteiger partial charge in [-0.05, 0) is 68.5 Å². The van der Waals surface area contributed by atoms with Gasteiger partial charge in [-0.2, -0.15) is 5.10 Å². The van der Waals surface area contributed by atoms with Crippen LogP contribution in [0.5, 0.6) is 0 Å². The first-order valence-electron chi connectivity index (χ1n) is 11.6. The highest BCUT2D eigenvalue weighted by Gasteiger charge is 2.22. The van der Waals surface area contributed by atoms with E-state index >= 15 is 0 Å². The third kappa shape index (κ3) is 6.25. The van der Waals surface area contributed by atoms with E-state index in [0.717, 1.165) is 38.6 Å². The molecule has 2 aromatic heterocycles. The fraction of sp³-hybridized carbons (Fsp3) is 0.462. The van der Waals surface area contributed by atoms with Crippen LogP contribution in [0.2, 0.25) is 0 Å². The number of hydrogen-bond acceptors (Lipinski definition) is 4. The van der Waals surface area contributed by atoms with Gasteiger partial charge in [0.15, 0.2) is 0 Å². The molecule has 0 aliphatic carbocycles. The maximum absolute atomic E-state index is 4.47. The van der Waals surface area contributed by atoms with Crippen LogP contribution >= 0.6 is 0 Å². The van der Waals surface area contributed by atoms with Crippen molar-refractivity contribution in [1.29, 1.82) is 0 Å². The number of pyridine rings is 1. The van der Waals surface area contributed by atoms with E-state index in [4.69, 9.17) is 0 Å². The molecule has 1 aliphatic heterocycles. The average molecular weight is 418 g/mol. The van der Waals surface area contributed by atoms with Crippen LogP contribution in [0.25, 0.3) is 0 Å². The van der Waals surface area contributed by atoms with Crippen LogP contribution < -0.4 is 0 Å². The Morgan fingerprint density at radius 3 is 2.52 bits per heavy atom. The van der Waals surface area contributed by atoms with Crippen molar-refractivity contribution in [3.8, 4) is 0 Å². The van der Waals surface area contributed by atoms with Crippen molar-refractivity contribution in [2.75, 3.05) is 19.6 Å². The van der Waals surface area contributed by atoms with Crippen LogP contribution in [0.1, 0.15) is 42.0 Å². The first-order valence-corrected chi connectivity index (χ1v) is 11.6. The van der Waals surface area contributed by atoms with Gasteiger partial charge in [-0.25, -0.2) is 0 Å². The Morgan fingerprint density at radius 1 is 1.00 bits per heavy atom. The largest absolute Gasteiger partial charge is 0.299 e. The Kier molecular flexibility index (Phi) is 7.49. The predicted molar refractivity (Wildman–Crippen MR) is 125 cm³/mol. The molecule has 5 nitrogen and oxygen atoms in total. The summed E-state index contributed by atoms with van der Waals surface area (Å²) in [4.78, 5) is 9.52. The second-order valence-corrected chi connectivity index (χ2v) is 8.88. The number of benzene rings is 1. The van der Waals surface area contributed by atoms with Gasteiger partial charge >= 0.3 is 0 Å². The van der Waals surface area contributed by atoms with Gasteiger partial charge < -0.3 is 0 Å². The van der Waals surface area contributed by atoms with E-state index in [1.165, 1.54) is 48.2 Å². The van der Waals surface area contributed by atoms with Crippen LogP contribution in [0.3, 0.4) is 0 Å². The van der Waals surface area contributed by atoms with Gasteiger partial charge in [0.2, 0.25) is 0 Å². The van der Waals surface area contributed by atoms with E-state index in [-0.39, 0.29) is 0 Å². The van der Waals surface area contributed by atoms with Crippen molar-refractivity contribution in [3.05, 3.63) is 83.4 Å². The number of likely N-dealkylation sites (tertiary alicyclic amines) is 1. The highest BCUT2D eigenvalue weighted by molar-refractivity contribution is 5.25. The molecule has 5 heteroatoms. The zero-order valence-electron chi connectivity index (χ0n) is 19.0. The van der Waals surface area contributed by atoms with E-state index in [1.807, 2.05) is 29.3 Å². The fourth-order valence-corrected chi connectivity index (χ4v) is 4.57. The molecule has 1 aromatic carbocycles. The summed E-state index contributed by atoms with van der Waals surface area (Å²) in [6, 6.07) is 13.0. The van der Waals surface area contributed by atoms with Gasteiger partial charge in [-0.1, -0.05) is 30.3 Å². The average Bonchev–Trinajstić information content (AvgIpc) is 3.25. The van der Waals surface area contributed by atoms with Crippen molar-refractivity contribution in [1.82, 2.24) is 24.6 Å². The van der Waals surface area contributed by atoms with Gasteiger partial charge in [-0.15, -0.1) is 0 Å². The lowest BCUT2D eigenvalue weighted by molar-refractivity contribution is 0.132. The molecule has 0 spiro atoms. The first kappa shape index (κ1) is 21.7. The highest BCUT2D eigenvalue weighted by Crippen LogP contribution is 2.23. The zero-order valence-corrected chi connectivity index (χ0v) is 19.0. The molecule has 31 heavy (non-hydrogen) atoms. The summed E-state index contributed by atoms with van der Waals surface area (Å²) in [7, 11) is 0. The monoisotopic (exact) mass is 417 g/mol. The van der Waals surface area contributed by atoms with E-state index in [2.05, 4.69) is 70.3 Å². The van der Waals surface area contributed by atoms with E-state index in [0.29, 0.717) is 0 Å². The molecular formula is C26H35N5. The summed E-state index contributed by atoms with van der Waals surface area (Å²) in [6.07, 6.45) is 10.6. The second kappa shape index (κ2) is 10.7. The first-order chi connectivity index (χ1) is 15.2. The van der Waals surface area contributed by atoms with Gasteiger partial charge in [0, 0.05) is 56.9 Å². The molecule has 0 bridgehead atoms. The summed E-state index contributed by atoms with van der Waals surface area (Å²) in [5.74, 6) is 0.742. The standard InChI is InChI=1S/C26H35N5/c1-3-31-20-25(16-28-31)19-30(18-24-8-6-12-27-15-24)17-23-10-13-29(14-11-23)21-26-9-5-4-7-22(26)2/h4-9,12,15-16,20,23H,3,10-11,13-14,17-19,21H2,1-2H3. The molecule has 3 heterocycles. The lowest BCUT2D eigenvalue weighted by Crippen LogP contribution is -2.38. The fourth-order valence-electron chi connectivity index (χ4n) is 4.57. The van der Waals surface area contributed by atoms with E-state index < -0.39 is 0 Å². The number of piperidine rings is 1. The third-order valence-electron chi connectivity index (χ3n) is 6.42. The lowest BCUT2D eigenvalue weighted by atomic mass is 9.95. The predicted octanol–water partition coefficient (Wildman–Crippen LogP) is 4.52. The molecule has 0 amide bonds. The molecule has 0 atom stereocenters. The number of hydrogen-bond donors (Lipinski definition) is 0. The number of nitrogens with zero attached hydrogens (tertiary/aromatic N) is 5. The number of aryl methyl sites for hydroxylation is 2. The Hall–Kier alpha value is -2.50. The van der Waals surface area contributed by atoms with Crippen molar-refractivity contribution in [3.63, 3.8) is 0 Å². The van der Waals surface area contributed by atoms with Crippen molar-refractivity contribution in [2.45, 2.75) is 52.9 Å². The normalized spacial score (nSPS) is 15.6. The Balaban J connectivity index is 1.34. The van der Waals surface area contributed by atoms with Gasteiger partial charge in [-0.3, -0.25) is 19.5 Å². The van der Waals surface area contributed by atoms with Crippen LogP contribution in [0, 0.1) is 12.8 Å². The smallest absolute Gasteiger partial charge is 0.0534 e. The van der Waals surface area contributed by atoms with Crippen LogP contribution in [0.15, 0.2) is 61.2 Å². The Bertz CT molecular complexity index is 928. The maximum atomic E-state index is 4.47. The van der Waals surface area contributed by atoms with E-state index in [9.17, 15) is 0 Å². The molecule has 4 rings (SSSR count). The maximum Gasteiger partial charge on any atom is 0.0534 e. The van der Waals surface area contributed by atoms with Gasteiger partial charge in [0.25, 0.3) is 0 Å². The number of aromatic nitrogens is 3. The van der Waals surface area contributed by atoms with Crippen LogP contribution in [-0.2, 0) is 26.2 Å². The lowest BCUT2D eigenvalue weighted by Gasteiger charge is -2.35. The minimum atomic E-state index is 0.742. The molecule has 1 saturated heterocycles. The Morgan fingerprint density at radius 2 is 1.81 bits per heavy atom. The Labute approximate surface area is 186 Å². The number of rotatable bonds is 9. The minimum absolute atomic E-state index is 0.742. The van der Waals surface area contributed by atoms with Crippen molar-refractivity contribution < 1.29 is 0 Å². The van der Waals surface area contributed by atoms with Crippen LogP contribution in [-0.4, -0.2) is 44.2 Å². The van der Waals surface area contributed by atoms with Gasteiger partial charge in [0.05, 0.1) is 6.20 Å². The topological polar surface area (TPSA) is 37.2 Å². The zero-order chi connectivity index (χ0) is 21.5. The van der Waals surface area contributed by atoms with Crippen LogP contribution in [0.4, 0.5) is 0 Å². The molecular weight excluding hydrogens is 382 g/mol. The summed E-state index contributed by atoms with van der Waals surface area (Å²) >= 11 is 0. The molecule has 0 saturated carbocycles. The van der Waals surface area contributed by atoms with Crippen molar-refractivity contribution in [2.24, 2.45) is 5.92 Å². The molecule has 0 unspecified atom stereocenters. The van der Waals surface area contributed by atoms with E-state index in [1.54, 1.807) is 0 Å². The quantitative estimate of drug-likeness (QED) is 0.513. The summed E-state index contributed by atoms with van der Waals surface area (Å²) in [6.45, 7) is 11.7. The molecule has 164 valence electrons.